The molecule has 2 aliphatic heterocycles. The third-order valence-corrected chi connectivity index (χ3v) is 8.76. The molecule has 0 aromatic heterocycles. The molecule has 0 spiro atoms. The average molecular weight is 559 g/mol. The maximum Gasteiger partial charge on any atom is 0.335 e. The Hall–Kier alpha value is -4.02. The maximum absolute atomic E-state index is 13.9. The molecular weight excluding hydrogens is 532 g/mol. The first-order valence-corrected chi connectivity index (χ1v) is 13.9. The number of nitrogens with one attached hydrogen (secondary N) is 1. The number of hydrogen-bond acceptors (Lipinski definition) is 8. The zero-order valence-electron chi connectivity index (χ0n) is 21.6. The van der Waals surface area contributed by atoms with Crippen LogP contribution >= 0.6 is 23.5 Å². The van der Waals surface area contributed by atoms with Crippen LogP contribution < -0.4 is 10.2 Å². The van der Waals surface area contributed by atoms with Gasteiger partial charge in [0, 0.05) is 24.1 Å². The summed E-state index contributed by atoms with van der Waals surface area (Å²) in [5.74, 6) is -1.27. The SMILES string of the molecule is CCNc1ccc(C(C)=O)cc1N=C1SC(=C2Sc3ccccc3N2C)C(=O)N1Cc1ccc(C(=O)O)cc1. The van der Waals surface area contributed by atoms with E-state index in [2.05, 4.69) is 5.32 Å². The lowest BCUT2D eigenvalue weighted by atomic mass is 10.1. The number of para-hydroxylation sites is 1. The molecule has 3 aromatic carbocycles. The average Bonchev–Trinajstić information content (AvgIpc) is 3.41. The highest BCUT2D eigenvalue weighted by Crippen LogP contribution is 2.50. The van der Waals surface area contributed by atoms with Crippen LogP contribution in [0.2, 0.25) is 0 Å². The lowest BCUT2D eigenvalue weighted by Crippen LogP contribution is -2.29. The van der Waals surface area contributed by atoms with Crippen molar-refractivity contribution >= 4 is 63.4 Å². The molecule has 10 heteroatoms. The fraction of sp³-hybridized carbons (Fsp3) is 0.172. The van der Waals surface area contributed by atoms with Gasteiger partial charge in [-0.2, -0.15) is 0 Å². The number of carbonyl (C=O) groups excluding carboxylic acids is 2. The summed E-state index contributed by atoms with van der Waals surface area (Å²) in [4.78, 5) is 47.5. The molecular formula is C29H26N4O4S2. The molecule has 1 fully saturated rings. The first kappa shape index (κ1) is 26.6. The predicted octanol–water partition coefficient (Wildman–Crippen LogP) is 6.19. The summed E-state index contributed by atoms with van der Waals surface area (Å²) in [7, 11) is 1.94. The smallest absolute Gasteiger partial charge is 0.335 e. The lowest BCUT2D eigenvalue weighted by molar-refractivity contribution is -0.122. The number of amidine groups is 1. The Morgan fingerprint density at radius 2 is 1.72 bits per heavy atom. The van der Waals surface area contributed by atoms with Gasteiger partial charge in [0.1, 0.15) is 4.91 Å². The standard InChI is InChI=1S/C29H26N4O4S2/c1-4-30-21-14-13-20(17(2)34)15-22(21)31-29-33(16-18-9-11-19(12-10-18)28(36)37)26(35)25(39-29)27-32(3)23-7-5-6-8-24(23)38-27/h5-15,30H,4,16H2,1-3H3,(H,36,37). The second-order valence-corrected chi connectivity index (χ2v) is 11.0. The van der Waals surface area contributed by atoms with Crippen molar-refractivity contribution in [3.63, 3.8) is 0 Å². The number of amides is 1. The molecule has 1 amide bonds. The number of aromatic carboxylic acids is 1. The topological polar surface area (TPSA) is 102 Å². The van der Waals surface area contributed by atoms with Crippen LogP contribution in [0.5, 0.6) is 0 Å². The van der Waals surface area contributed by atoms with Crippen LogP contribution in [-0.2, 0) is 11.3 Å². The Morgan fingerprint density at radius 3 is 2.38 bits per heavy atom. The van der Waals surface area contributed by atoms with Gasteiger partial charge in [0.05, 0.1) is 34.2 Å². The summed E-state index contributed by atoms with van der Waals surface area (Å²) in [5, 5.41) is 13.9. The molecule has 2 aliphatic rings. The second-order valence-electron chi connectivity index (χ2n) is 8.97. The van der Waals surface area contributed by atoms with Crippen molar-refractivity contribution in [1.82, 2.24) is 4.90 Å². The molecule has 198 valence electrons. The highest BCUT2D eigenvalue weighted by Gasteiger charge is 2.39. The van der Waals surface area contributed by atoms with Crippen molar-refractivity contribution in [3.8, 4) is 0 Å². The van der Waals surface area contributed by atoms with Gasteiger partial charge in [0.15, 0.2) is 11.0 Å². The van der Waals surface area contributed by atoms with Crippen molar-refractivity contribution in [2.75, 3.05) is 23.8 Å². The van der Waals surface area contributed by atoms with E-state index in [1.807, 2.05) is 49.2 Å². The summed E-state index contributed by atoms with van der Waals surface area (Å²) in [6.45, 7) is 4.36. The summed E-state index contributed by atoms with van der Waals surface area (Å²) in [6.07, 6.45) is 0. The number of carboxylic acid groups (broad SMARTS) is 1. The van der Waals surface area contributed by atoms with Crippen molar-refractivity contribution in [2.24, 2.45) is 4.99 Å². The predicted molar refractivity (Wildman–Crippen MR) is 157 cm³/mol. The molecule has 3 aromatic rings. The van der Waals surface area contributed by atoms with Gasteiger partial charge in [-0.05, 0) is 73.6 Å². The number of hydrogen-bond donors (Lipinski definition) is 2. The van der Waals surface area contributed by atoms with Crippen molar-refractivity contribution < 1.29 is 19.5 Å². The number of fused-ring (bicyclic) bond motifs is 1. The Balaban J connectivity index is 1.59. The highest BCUT2D eigenvalue weighted by molar-refractivity contribution is 8.19. The quantitative estimate of drug-likeness (QED) is 0.261. The van der Waals surface area contributed by atoms with Crippen LogP contribution in [0.25, 0.3) is 0 Å². The number of thioether (sulfide) groups is 2. The summed E-state index contributed by atoms with van der Waals surface area (Å²) in [6, 6.07) is 19.8. The molecule has 8 nitrogen and oxygen atoms in total. The van der Waals surface area contributed by atoms with Crippen LogP contribution in [0.15, 0.2) is 86.6 Å². The number of benzene rings is 3. The maximum atomic E-state index is 13.9. The molecule has 0 unspecified atom stereocenters. The van der Waals surface area contributed by atoms with Crippen molar-refractivity contribution in [3.05, 3.63) is 93.4 Å². The number of rotatable bonds is 7. The zero-order chi connectivity index (χ0) is 27.7. The fourth-order valence-electron chi connectivity index (χ4n) is 4.28. The van der Waals surface area contributed by atoms with Crippen molar-refractivity contribution in [1.29, 1.82) is 0 Å². The molecule has 0 bridgehead atoms. The van der Waals surface area contributed by atoms with Crippen LogP contribution in [0.1, 0.15) is 40.1 Å². The molecule has 2 N–H and O–H groups in total. The number of aliphatic imine (C=N–C) groups is 1. The van der Waals surface area contributed by atoms with Crippen molar-refractivity contribution in [2.45, 2.75) is 25.3 Å². The van der Waals surface area contributed by atoms with E-state index in [4.69, 9.17) is 4.99 Å². The van der Waals surface area contributed by atoms with E-state index < -0.39 is 5.97 Å². The molecule has 0 saturated carbocycles. The minimum absolute atomic E-state index is 0.0745. The van der Waals surface area contributed by atoms with Gasteiger partial charge in [-0.15, -0.1) is 0 Å². The Labute approximate surface area is 234 Å². The molecule has 1 saturated heterocycles. The number of ketones is 1. The molecule has 2 heterocycles. The van der Waals surface area contributed by atoms with E-state index in [0.29, 0.717) is 27.9 Å². The highest BCUT2D eigenvalue weighted by atomic mass is 32.2. The number of Topliss-reactive ketones (excluding diaryl/α,β-unsaturated/α-hetero) is 1. The van der Waals surface area contributed by atoms with Crippen LogP contribution in [-0.4, -0.2) is 46.4 Å². The third-order valence-electron chi connectivity index (χ3n) is 6.32. The minimum Gasteiger partial charge on any atom is -0.478 e. The molecule has 0 aliphatic carbocycles. The van der Waals surface area contributed by atoms with Gasteiger partial charge >= 0.3 is 5.97 Å². The summed E-state index contributed by atoms with van der Waals surface area (Å²) >= 11 is 2.84. The normalized spacial score (nSPS) is 17.6. The Bertz CT molecular complexity index is 1550. The van der Waals surface area contributed by atoms with Gasteiger partial charge in [-0.3, -0.25) is 14.5 Å². The Kier molecular flexibility index (Phi) is 7.49. The van der Waals surface area contributed by atoms with E-state index in [9.17, 15) is 19.5 Å². The number of carbonyl (C=O) groups is 3. The van der Waals surface area contributed by atoms with Gasteiger partial charge in [0.25, 0.3) is 5.91 Å². The first-order chi connectivity index (χ1) is 18.8. The number of carboxylic acids is 1. The zero-order valence-corrected chi connectivity index (χ0v) is 23.2. The third kappa shape index (κ3) is 5.30. The molecule has 39 heavy (non-hydrogen) atoms. The number of anilines is 2. The largest absolute Gasteiger partial charge is 0.478 e. The van der Waals surface area contributed by atoms with E-state index in [1.54, 1.807) is 40.9 Å². The van der Waals surface area contributed by atoms with Crippen LogP contribution in [0, 0.1) is 0 Å². The van der Waals surface area contributed by atoms with Crippen LogP contribution in [0.4, 0.5) is 17.1 Å². The molecule has 0 atom stereocenters. The van der Waals surface area contributed by atoms with Gasteiger partial charge in [0.2, 0.25) is 0 Å². The lowest BCUT2D eigenvalue weighted by Gasteiger charge is -2.17. The minimum atomic E-state index is -1.01. The fourth-order valence-corrected chi connectivity index (χ4v) is 6.62. The van der Waals surface area contributed by atoms with E-state index in [1.165, 1.54) is 30.8 Å². The van der Waals surface area contributed by atoms with Gasteiger partial charge in [-0.25, -0.2) is 9.79 Å². The monoisotopic (exact) mass is 558 g/mol. The number of nitrogens with zero attached hydrogens (tertiary/aromatic N) is 3. The van der Waals surface area contributed by atoms with Gasteiger partial charge in [-0.1, -0.05) is 36.0 Å². The van der Waals surface area contributed by atoms with E-state index in [0.717, 1.165) is 26.9 Å². The molecule has 5 rings (SSSR count). The molecule has 0 radical (unpaired) electrons. The van der Waals surface area contributed by atoms with Gasteiger partial charge < -0.3 is 15.3 Å². The summed E-state index contributed by atoms with van der Waals surface area (Å²) in [5.41, 5.74) is 3.83. The Morgan fingerprint density at radius 1 is 1.00 bits per heavy atom. The van der Waals surface area contributed by atoms with E-state index >= 15 is 0 Å². The first-order valence-electron chi connectivity index (χ1n) is 12.3. The van der Waals surface area contributed by atoms with E-state index in [-0.39, 0.29) is 23.8 Å². The summed E-state index contributed by atoms with van der Waals surface area (Å²) < 4.78 is 0. The second kappa shape index (κ2) is 11.0. The van der Waals surface area contributed by atoms with Crippen LogP contribution in [0.3, 0.4) is 0 Å².